The average Bonchev–Trinajstić information content (AvgIpc) is 1.46. The number of benzene rings is 6. The van der Waals surface area contributed by atoms with Gasteiger partial charge in [-0.3, -0.25) is 81.5 Å². The average molecular weight is 1900 g/mol. The number of primary amides is 1. The quantitative estimate of drug-likeness (QED) is 0.0286. The number of hydrogen-bond donors (Lipinski definition) is 13. The van der Waals surface area contributed by atoms with Crippen molar-refractivity contribution in [3.05, 3.63) is 203 Å². The van der Waals surface area contributed by atoms with Gasteiger partial charge in [0, 0.05) is 95.6 Å². The van der Waals surface area contributed by atoms with Crippen molar-refractivity contribution < 1.29 is 114 Å². The summed E-state index contributed by atoms with van der Waals surface area (Å²) in [6, 6.07) is 14.4. The number of carbonyl (C=O) groups excluding carboxylic acids is 17. The highest BCUT2D eigenvalue weighted by Crippen LogP contribution is 2.29. The van der Waals surface area contributed by atoms with Gasteiger partial charge in [-0.1, -0.05) is 137 Å². The second kappa shape index (κ2) is 49.5. The van der Waals surface area contributed by atoms with Crippen LogP contribution in [-0.4, -0.2) is 285 Å². The zero-order chi connectivity index (χ0) is 98.6. The van der Waals surface area contributed by atoms with Crippen LogP contribution < -0.4 is 53.6 Å². The van der Waals surface area contributed by atoms with Crippen LogP contribution in [0.4, 0.5) is 13.2 Å². The molecule has 3 aliphatic rings. The molecule has 6 aromatic carbocycles. The maximum absolute atomic E-state index is 15.8. The fourth-order valence-corrected chi connectivity index (χ4v) is 17.4. The summed E-state index contributed by atoms with van der Waals surface area (Å²) in [5.74, 6) is -22.8. The van der Waals surface area contributed by atoms with Crippen molar-refractivity contribution in [1.82, 2.24) is 77.3 Å². The maximum Gasteiger partial charge on any atom is 0.293 e. The number of nitrogens with zero attached hydrogens (tertiary/aromatic N) is 5. The number of fused-ring (bicyclic) bond motifs is 3. The molecule has 14 N–H and O–H groups in total. The van der Waals surface area contributed by atoms with E-state index in [9.17, 15) is 53.0 Å². The maximum atomic E-state index is 15.8. The van der Waals surface area contributed by atoms with Crippen LogP contribution in [0.2, 0.25) is 0 Å². The van der Waals surface area contributed by atoms with Crippen LogP contribution in [0.15, 0.2) is 152 Å². The normalized spacial score (nSPS) is 23.2. The van der Waals surface area contributed by atoms with Crippen LogP contribution in [-0.2, 0) is 130 Å². The van der Waals surface area contributed by atoms with E-state index >= 15 is 51.9 Å². The number of thioether (sulfide) groups is 1. The summed E-state index contributed by atoms with van der Waals surface area (Å²) in [5.41, 5.74) is 7.74. The van der Waals surface area contributed by atoms with Crippen LogP contribution in [0, 0.1) is 23.4 Å². The summed E-state index contributed by atoms with van der Waals surface area (Å²) in [6.07, 6.45) is 0.281. The molecule has 15 amide bonds. The van der Waals surface area contributed by atoms with E-state index in [1.807, 2.05) is 6.92 Å². The number of nitrogens with two attached hydrogens (primary N) is 1. The summed E-state index contributed by atoms with van der Waals surface area (Å²) in [4.78, 5) is 258. The molecule has 4 heterocycles. The number of unbranched alkanes of at least 4 members (excludes halogenated alkanes) is 1. The molecule has 0 bridgehead atoms. The smallest absolute Gasteiger partial charge is 0.293 e. The van der Waals surface area contributed by atoms with E-state index in [0.29, 0.717) is 69.9 Å². The van der Waals surface area contributed by atoms with Crippen molar-refractivity contribution in [3.8, 4) is 11.5 Å². The number of halogens is 3. The molecule has 3 aliphatic heterocycles. The number of aromatic amines is 1. The lowest BCUT2D eigenvalue weighted by Crippen LogP contribution is -2.62. The Morgan fingerprint density at radius 3 is 1.51 bits per heavy atom. The fraction of sp³-hybridized carbons (Fsp3) is 0.421. The van der Waals surface area contributed by atoms with E-state index in [-0.39, 0.29) is 106 Å². The van der Waals surface area contributed by atoms with Crippen LogP contribution in [0.1, 0.15) is 99.1 Å². The van der Waals surface area contributed by atoms with E-state index in [1.54, 1.807) is 105 Å². The van der Waals surface area contributed by atoms with Gasteiger partial charge < -0.3 is 103 Å². The van der Waals surface area contributed by atoms with E-state index < -0.39 is 235 Å². The van der Waals surface area contributed by atoms with Gasteiger partial charge in [0.2, 0.25) is 88.6 Å². The molecule has 41 heteroatoms. The lowest BCUT2D eigenvalue weighted by atomic mass is 9.98. The molecule has 13 atom stereocenters. The molecule has 3 fully saturated rings. The SMILES string of the molecule is CCCC[C@H]1C(=O)N2CCC[C@@H]2C(=O)N[C@@H](COC=O)C(=O)N[C@@H](C(C)C)C(=O)N(C)[C@@H](Cc2ccccc2)C(=O)N[C@@H](Cc2ccc(O)cc2)C(=O)N2CCC[C@@H]2C(=O)N[C@@H](Cc2c[nH]c3ccccc23)C(=O)N[C@@H](Cc2ccc(O)cc2)C(=O)N[C@@H](COC=O)C(=O)N[C@H](C(=O)NCC(N)=O)CSCC(=O)N[C@@H](Cc2cc(F)c(F)c(F)c2)C(=O)N(C)[C@@H](Cc2ccccc2)C(=O)N1C. The minimum Gasteiger partial charge on any atom is -0.508 e. The third-order valence-electron chi connectivity index (χ3n) is 24.0. The zero-order valence-corrected chi connectivity index (χ0v) is 76.6. The summed E-state index contributed by atoms with van der Waals surface area (Å²) in [7, 11) is 3.77. The minimum atomic E-state index is -1.99. The number of phenolic OH excluding ortho intramolecular Hbond substituents is 2. The monoisotopic (exact) mass is 1900 g/mol. The summed E-state index contributed by atoms with van der Waals surface area (Å²) in [6.45, 7) is 2.08. The predicted molar refractivity (Wildman–Crippen MR) is 488 cm³/mol. The number of amides is 15. The number of carbonyl (C=O) groups is 17. The first-order chi connectivity index (χ1) is 65.1. The van der Waals surface area contributed by atoms with Crippen LogP contribution in [0.3, 0.4) is 0 Å². The third kappa shape index (κ3) is 28.1. The number of hydrogen-bond acceptors (Lipinski definition) is 22. The molecule has 37 nitrogen and oxygen atoms in total. The van der Waals surface area contributed by atoms with Gasteiger partial charge in [-0.15, -0.1) is 11.8 Å². The Labute approximate surface area is 786 Å². The number of likely N-dealkylation sites (N-methyl/N-ethyl adjacent to an activating group) is 3. The lowest BCUT2D eigenvalue weighted by Gasteiger charge is -2.38. The highest BCUT2D eigenvalue weighted by Gasteiger charge is 2.47. The van der Waals surface area contributed by atoms with E-state index in [4.69, 9.17) is 15.2 Å². The first kappa shape index (κ1) is 104. The second-order valence-electron chi connectivity index (χ2n) is 34.0. The van der Waals surface area contributed by atoms with Crippen molar-refractivity contribution in [3.63, 3.8) is 0 Å². The van der Waals surface area contributed by atoms with Crippen molar-refractivity contribution in [2.24, 2.45) is 11.7 Å². The third-order valence-corrected chi connectivity index (χ3v) is 25.0. The van der Waals surface area contributed by atoms with Gasteiger partial charge in [0.25, 0.3) is 12.9 Å². The molecule has 136 heavy (non-hydrogen) atoms. The first-order valence-electron chi connectivity index (χ1n) is 44.5. The van der Waals surface area contributed by atoms with Crippen LogP contribution >= 0.6 is 11.8 Å². The second-order valence-corrected chi connectivity index (χ2v) is 35.0. The molecule has 726 valence electrons. The van der Waals surface area contributed by atoms with Gasteiger partial charge in [0.15, 0.2) is 17.5 Å². The van der Waals surface area contributed by atoms with Gasteiger partial charge in [-0.2, -0.15) is 0 Å². The van der Waals surface area contributed by atoms with Gasteiger partial charge in [-0.05, 0) is 114 Å². The Bertz CT molecular complexity index is 5430. The number of aromatic nitrogens is 1. The highest BCUT2D eigenvalue weighted by molar-refractivity contribution is 8.00. The Morgan fingerprint density at radius 1 is 0.500 bits per heavy atom. The summed E-state index contributed by atoms with van der Waals surface area (Å²) >= 11 is 0.600. The number of H-pyrrole nitrogens is 1. The molecule has 0 radical (unpaired) electrons. The van der Waals surface area contributed by atoms with Gasteiger partial charge in [-0.25, -0.2) is 13.2 Å². The van der Waals surface area contributed by atoms with Crippen molar-refractivity contribution >= 4 is 124 Å². The summed E-state index contributed by atoms with van der Waals surface area (Å²) < 4.78 is 55.2. The molecular formula is C95H113F3N16O21S. The molecule has 3 saturated heterocycles. The number of phenols is 2. The number of ether oxygens (including phenoxy) is 2. The molecule has 0 unspecified atom stereocenters. The Balaban J connectivity index is 1.06. The zero-order valence-electron chi connectivity index (χ0n) is 75.8. The lowest BCUT2D eigenvalue weighted by molar-refractivity contribution is -0.152. The number of nitrogens with one attached hydrogen (secondary N) is 10. The molecule has 10 rings (SSSR count). The van der Waals surface area contributed by atoms with E-state index in [2.05, 4.69) is 52.8 Å². The van der Waals surface area contributed by atoms with Crippen LogP contribution in [0.25, 0.3) is 10.9 Å². The number of para-hydroxylation sites is 1. The number of aromatic hydroxyl groups is 2. The predicted octanol–water partition coefficient (Wildman–Crippen LogP) is 1.63. The van der Waals surface area contributed by atoms with Crippen LogP contribution in [0.5, 0.6) is 11.5 Å². The highest BCUT2D eigenvalue weighted by atomic mass is 32.2. The summed E-state index contributed by atoms with van der Waals surface area (Å²) in [5, 5.41) is 44.7. The first-order valence-corrected chi connectivity index (χ1v) is 45.6. The minimum absolute atomic E-state index is 0.0106. The van der Waals surface area contributed by atoms with Crippen molar-refractivity contribution in [2.75, 3.05) is 65.5 Å². The van der Waals surface area contributed by atoms with E-state index in [0.717, 1.165) is 14.7 Å². The fourth-order valence-electron chi connectivity index (χ4n) is 16.6. The molecule has 0 saturated carbocycles. The Kier molecular flexibility index (Phi) is 37.8. The number of rotatable bonds is 25. The standard InChI is InChI=1S/C95H113F3N16O21S/c1-7-8-25-76-94(132)114-37-18-27-75(114)89(127)107-72(49-135-53-116)87(125)109-82(54(2)3)95(133)111(5)77(43-55-19-11-9-12-20-55)90(128)105-70(41-58-30-34-62(118)35-31-58)92(130)113-36-17-26-74(113)88(126)104-68(45-60-46-100-66-24-16-15-23-63(60)66)85(123)103-67(40-57-28-32-61(117)33-29-57)84(122)106-71(48-134-52-115)86(124)108-73(83(121)101-47-79(99)119)50-136-51-80(120)102-69(42-59-38-64(96)81(98)65(97)39-59)91(129)112(6)78(93(131)110(76)4)44-56-21-13-10-14-22-56/h9-16,19-24,28-35,38-39,46,52-54,67-78,82,100,117-118H,7-8,17-18,25-27,36-37,40-45,47-51H2,1-6H3,(H2,99,119)(H,101,121)(H,102,120)(H,103,123)(H,104,126)(H,105,128)(H,106,122)(H,107,127)(H,108,124)(H,109,125)/t67-,68-,69-,70-,71-,72-,73-,74+,75+,76-,77-,78-,82-/m0/s1. The molecule has 0 aliphatic carbocycles. The molecule has 1 aromatic heterocycles. The van der Waals surface area contributed by atoms with Gasteiger partial charge in [0.05, 0.1) is 12.3 Å². The molecule has 7 aromatic rings. The van der Waals surface area contributed by atoms with Crippen molar-refractivity contribution in [1.29, 1.82) is 0 Å². The largest absolute Gasteiger partial charge is 0.508 e. The van der Waals surface area contributed by atoms with Gasteiger partial charge >= 0.3 is 0 Å². The van der Waals surface area contributed by atoms with E-state index in [1.165, 1.54) is 79.5 Å². The topological polar surface area (TPSA) is 515 Å². The Hall–Kier alpha value is -14.4. The molecular weight excluding hydrogens is 1790 g/mol. The van der Waals surface area contributed by atoms with Crippen molar-refractivity contribution in [2.45, 2.75) is 183 Å². The molecule has 0 spiro atoms. The van der Waals surface area contributed by atoms with Gasteiger partial charge in [0.1, 0.15) is 103 Å². The Morgan fingerprint density at radius 2 is 0.956 bits per heavy atom.